The van der Waals surface area contributed by atoms with Crippen LogP contribution in [0.15, 0.2) is 71.6 Å². The van der Waals surface area contributed by atoms with E-state index < -0.39 is 28.1 Å². The second-order valence-electron chi connectivity index (χ2n) is 6.78. The van der Waals surface area contributed by atoms with E-state index in [-0.39, 0.29) is 11.5 Å². The number of benzene rings is 3. The number of carbonyl (C=O) groups excluding carboxylic acids is 2. The number of hydrogen-bond donors (Lipinski definition) is 3. The summed E-state index contributed by atoms with van der Waals surface area (Å²) in [4.78, 5) is 24.7. The van der Waals surface area contributed by atoms with Gasteiger partial charge < -0.3 is 15.4 Å². The lowest BCUT2D eigenvalue weighted by Crippen LogP contribution is -2.41. The van der Waals surface area contributed by atoms with Crippen molar-refractivity contribution in [3.05, 3.63) is 72.3 Å². The van der Waals surface area contributed by atoms with Crippen molar-refractivity contribution in [2.45, 2.75) is 24.5 Å². The average molecular weight is 442 g/mol. The number of anilines is 1. The molecule has 0 aliphatic rings. The van der Waals surface area contributed by atoms with Gasteiger partial charge >= 0.3 is 6.09 Å². The molecule has 0 radical (unpaired) electrons. The molecule has 0 unspecified atom stereocenters. The Morgan fingerprint density at radius 1 is 0.935 bits per heavy atom. The molecule has 3 rings (SSSR count). The van der Waals surface area contributed by atoms with Gasteiger partial charge in [-0.1, -0.05) is 54.6 Å². The van der Waals surface area contributed by atoms with Crippen molar-refractivity contribution in [3.63, 3.8) is 0 Å². The summed E-state index contributed by atoms with van der Waals surface area (Å²) in [6.45, 7) is 1.62. The van der Waals surface area contributed by atoms with Gasteiger partial charge in [0, 0.05) is 16.5 Å². The molecule has 3 N–H and O–H groups in total. The van der Waals surface area contributed by atoms with Crippen LogP contribution in [0.1, 0.15) is 12.5 Å². The largest absolute Gasteiger partial charge is 0.445 e. The standard InChI is InChI=1S/C22H23N3O5S/c1-15(24-22(27)30-14-16-8-4-3-5-9-16)21(26)25-19-12-6-11-18-17(19)10-7-13-20(18)31(28,29)23-2/h3-13,15,23H,14H2,1-2H3,(H,24,27)(H,25,26)/t15-/m0/s1. The van der Waals surface area contributed by atoms with E-state index in [1.165, 1.54) is 20.0 Å². The Hall–Kier alpha value is -3.43. The molecule has 0 saturated carbocycles. The molecule has 162 valence electrons. The van der Waals surface area contributed by atoms with Crippen LogP contribution in [0, 0.1) is 0 Å². The van der Waals surface area contributed by atoms with Gasteiger partial charge in [0.2, 0.25) is 15.9 Å². The van der Waals surface area contributed by atoms with Crippen LogP contribution in [0.5, 0.6) is 0 Å². The van der Waals surface area contributed by atoms with Crippen molar-refractivity contribution < 1.29 is 22.7 Å². The third kappa shape index (κ3) is 5.39. The Labute approximate surface area is 180 Å². The van der Waals surface area contributed by atoms with Gasteiger partial charge in [-0.25, -0.2) is 17.9 Å². The minimum atomic E-state index is -3.67. The SMILES string of the molecule is CNS(=O)(=O)c1cccc2c(NC(=O)[C@H](C)NC(=O)OCc3ccccc3)cccc12. The molecule has 0 heterocycles. The predicted octanol–water partition coefficient (Wildman–Crippen LogP) is 3.00. The van der Waals surface area contributed by atoms with E-state index >= 15 is 0 Å². The molecule has 8 nitrogen and oxygen atoms in total. The Kier molecular flexibility index (Phi) is 6.88. The highest BCUT2D eigenvalue weighted by atomic mass is 32.2. The number of rotatable bonds is 7. The third-order valence-corrected chi connectivity index (χ3v) is 6.11. The second-order valence-corrected chi connectivity index (χ2v) is 8.64. The lowest BCUT2D eigenvalue weighted by atomic mass is 10.1. The van der Waals surface area contributed by atoms with E-state index in [0.29, 0.717) is 16.5 Å². The maximum atomic E-state index is 12.6. The summed E-state index contributed by atoms with van der Waals surface area (Å²) < 4.78 is 32.0. The van der Waals surface area contributed by atoms with Crippen molar-refractivity contribution in [2.75, 3.05) is 12.4 Å². The second kappa shape index (κ2) is 9.59. The molecular formula is C22H23N3O5S. The molecule has 0 fully saturated rings. The maximum absolute atomic E-state index is 12.6. The quantitative estimate of drug-likeness (QED) is 0.522. The zero-order chi connectivity index (χ0) is 22.4. The van der Waals surface area contributed by atoms with Gasteiger partial charge in [0.25, 0.3) is 0 Å². The number of sulfonamides is 1. The molecule has 9 heteroatoms. The zero-order valence-corrected chi connectivity index (χ0v) is 17.9. The van der Waals surface area contributed by atoms with Gasteiger partial charge in [-0.2, -0.15) is 0 Å². The van der Waals surface area contributed by atoms with Gasteiger partial charge in [-0.05, 0) is 31.7 Å². The van der Waals surface area contributed by atoms with Crippen molar-refractivity contribution in [2.24, 2.45) is 0 Å². The first-order valence-electron chi connectivity index (χ1n) is 9.55. The van der Waals surface area contributed by atoms with Gasteiger partial charge in [0.1, 0.15) is 12.6 Å². The lowest BCUT2D eigenvalue weighted by Gasteiger charge is -2.16. The fraction of sp³-hybridized carbons (Fsp3) is 0.182. The molecule has 31 heavy (non-hydrogen) atoms. The van der Waals surface area contributed by atoms with Crippen molar-refractivity contribution >= 4 is 38.5 Å². The normalized spacial score (nSPS) is 12.2. The van der Waals surface area contributed by atoms with Crippen LogP contribution >= 0.6 is 0 Å². The summed E-state index contributed by atoms with van der Waals surface area (Å²) in [5.41, 5.74) is 1.26. The number of nitrogens with one attached hydrogen (secondary N) is 3. The molecule has 0 saturated heterocycles. The molecule has 2 amide bonds. The van der Waals surface area contributed by atoms with Crippen LogP contribution in [-0.2, 0) is 26.2 Å². The number of amides is 2. The summed E-state index contributed by atoms with van der Waals surface area (Å²) in [7, 11) is -2.33. The van der Waals surface area contributed by atoms with E-state index in [1.807, 2.05) is 30.3 Å². The molecular weight excluding hydrogens is 418 g/mol. The summed E-state index contributed by atoms with van der Waals surface area (Å²) >= 11 is 0. The van der Waals surface area contributed by atoms with E-state index in [2.05, 4.69) is 15.4 Å². The monoisotopic (exact) mass is 441 g/mol. The first-order chi connectivity index (χ1) is 14.8. The molecule has 0 bridgehead atoms. The van der Waals surface area contributed by atoms with Crippen molar-refractivity contribution in [1.82, 2.24) is 10.0 Å². The Morgan fingerprint density at radius 2 is 1.61 bits per heavy atom. The fourth-order valence-corrected chi connectivity index (χ4v) is 3.93. The zero-order valence-electron chi connectivity index (χ0n) is 17.1. The van der Waals surface area contributed by atoms with E-state index in [4.69, 9.17) is 4.74 Å². The highest BCUT2D eigenvalue weighted by molar-refractivity contribution is 7.89. The number of fused-ring (bicyclic) bond motifs is 1. The molecule has 3 aromatic rings. The number of carbonyl (C=O) groups is 2. The average Bonchev–Trinajstić information content (AvgIpc) is 2.78. The predicted molar refractivity (Wildman–Crippen MR) is 118 cm³/mol. The Balaban J connectivity index is 1.70. The van der Waals surface area contributed by atoms with Crippen molar-refractivity contribution in [1.29, 1.82) is 0 Å². The van der Waals surface area contributed by atoms with Gasteiger partial charge in [0.05, 0.1) is 4.90 Å². The lowest BCUT2D eigenvalue weighted by molar-refractivity contribution is -0.117. The van der Waals surface area contributed by atoms with Crippen LogP contribution in [0.4, 0.5) is 10.5 Å². The van der Waals surface area contributed by atoms with Crippen LogP contribution in [0.3, 0.4) is 0 Å². The molecule has 0 aliphatic heterocycles. The first-order valence-corrected chi connectivity index (χ1v) is 11.0. The smallest absolute Gasteiger partial charge is 0.408 e. The minimum Gasteiger partial charge on any atom is -0.445 e. The summed E-state index contributed by atoms with van der Waals surface area (Å²) in [6, 6.07) is 18.1. The van der Waals surface area contributed by atoms with Crippen LogP contribution in [-0.4, -0.2) is 33.5 Å². The van der Waals surface area contributed by atoms with Crippen LogP contribution < -0.4 is 15.4 Å². The van der Waals surface area contributed by atoms with E-state index in [0.717, 1.165) is 5.56 Å². The molecule has 0 aromatic heterocycles. The van der Waals surface area contributed by atoms with Gasteiger partial charge in [0.15, 0.2) is 0 Å². The van der Waals surface area contributed by atoms with E-state index in [1.54, 1.807) is 30.3 Å². The van der Waals surface area contributed by atoms with Crippen LogP contribution in [0.25, 0.3) is 10.8 Å². The topological polar surface area (TPSA) is 114 Å². The van der Waals surface area contributed by atoms with E-state index in [9.17, 15) is 18.0 Å². The fourth-order valence-electron chi connectivity index (χ4n) is 2.98. The minimum absolute atomic E-state index is 0.0903. The summed E-state index contributed by atoms with van der Waals surface area (Å²) in [6.07, 6.45) is -0.716. The molecule has 0 spiro atoms. The van der Waals surface area contributed by atoms with Crippen LogP contribution in [0.2, 0.25) is 0 Å². The molecule has 1 atom stereocenters. The summed E-state index contributed by atoms with van der Waals surface area (Å²) in [5, 5.41) is 6.25. The summed E-state index contributed by atoms with van der Waals surface area (Å²) in [5.74, 6) is -0.467. The third-order valence-electron chi connectivity index (χ3n) is 4.64. The maximum Gasteiger partial charge on any atom is 0.408 e. The first kappa shape index (κ1) is 22.3. The number of hydrogen-bond acceptors (Lipinski definition) is 5. The highest BCUT2D eigenvalue weighted by Gasteiger charge is 2.19. The highest BCUT2D eigenvalue weighted by Crippen LogP contribution is 2.28. The molecule has 3 aromatic carbocycles. The Bertz CT molecular complexity index is 1200. The number of ether oxygens (including phenoxy) is 1. The van der Waals surface area contributed by atoms with Gasteiger partial charge in [-0.15, -0.1) is 0 Å². The molecule has 0 aliphatic carbocycles. The van der Waals surface area contributed by atoms with Gasteiger partial charge in [-0.3, -0.25) is 4.79 Å². The van der Waals surface area contributed by atoms with Crippen molar-refractivity contribution in [3.8, 4) is 0 Å². The Morgan fingerprint density at radius 3 is 2.32 bits per heavy atom. The number of alkyl carbamates (subject to hydrolysis) is 1.